The second-order valence-corrected chi connectivity index (χ2v) is 2.37. The van der Waals surface area contributed by atoms with Crippen LogP contribution in [0.2, 0.25) is 0 Å². The van der Waals surface area contributed by atoms with Gasteiger partial charge in [0.1, 0.15) is 0 Å². The molecule has 1 saturated heterocycles. The molecular weight excluding hydrogens is 104 g/mol. The van der Waals surface area contributed by atoms with E-state index in [1.54, 1.807) is 0 Å². The summed E-state index contributed by atoms with van der Waals surface area (Å²) in [5.74, 6) is 0. The minimum Gasteiger partial charge on any atom is -0.387 e. The van der Waals surface area contributed by atoms with Crippen molar-refractivity contribution in [3.05, 3.63) is 0 Å². The molecule has 0 atom stereocenters. The van der Waals surface area contributed by atoms with Crippen molar-refractivity contribution in [3.8, 4) is 0 Å². The minimum absolute atomic E-state index is 0.464. The van der Waals surface area contributed by atoms with Crippen molar-refractivity contribution in [1.82, 2.24) is 5.32 Å². The van der Waals surface area contributed by atoms with E-state index in [-0.39, 0.29) is 0 Å². The zero-order chi connectivity index (χ0) is 6.04. The van der Waals surface area contributed by atoms with Crippen LogP contribution in [0.25, 0.3) is 0 Å². The van der Waals surface area contributed by atoms with E-state index in [1.807, 2.05) is 0 Å². The second kappa shape index (κ2) is 2.01. The third-order valence-corrected chi connectivity index (χ3v) is 1.52. The highest BCUT2D eigenvalue weighted by Gasteiger charge is 2.32. The molecule has 0 bridgehead atoms. The van der Waals surface area contributed by atoms with E-state index in [0.29, 0.717) is 19.6 Å². The molecule has 1 aliphatic rings. The van der Waals surface area contributed by atoms with Crippen molar-refractivity contribution < 1.29 is 5.11 Å². The number of nitrogens with one attached hydrogen (secondary N) is 1. The molecule has 0 unspecified atom stereocenters. The molecule has 0 amide bonds. The quantitative estimate of drug-likeness (QED) is 0.419. The lowest BCUT2D eigenvalue weighted by Gasteiger charge is -2.37. The fourth-order valence-corrected chi connectivity index (χ4v) is 0.859. The minimum atomic E-state index is -0.464. The molecule has 1 aliphatic heterocycles. The smallest absolute Gasteiger partial charge is 0.0907 e. The Morgan fingerprint density at radius 2 is 2.25 bits per heavy atom. The first-order valence-electron chi connectivity index (χ1n) is 2.90. The summed E-state index contributed by atoms with van der Waals surface area (Å²) in [6.45, 7) is 2.01. The lowest BCUT2D eigenvalue weighted by Crippen LogP contribution is -2.60. The number of hydrogen-bond acceptors (Lipinski definition) is 3. The van der Waals surface area contributed by atoms with Gasteiger partial charge in [0.05, 0.1) is 5.60 Å². The maximum absolute atomic E-state index is 9.27. The normalized spacial score (nSPS) is 24.8. The van der Waals surface area contributed by atoms with Crippen molar-refractivity contribution in [2.24, 2.45) is 5.73 Å². The van der Waals surface area contributed by atoms with Gasteiger partial charge in [0.25, 0.3) is 0 Å². The van der Waals surface area contributed by atoms with E-state index in [9.17, 15) is 5.11 Å². The average molecular weight is 116 g/mol. The Labute approximate surface area is 48.9 Å². The molecule has 0 radical (unpaired) electrons. The van der Waals surface area contributed by atoms with Crippen molar-refractivity contribution >= 4 is 0 Å². The van der Waals surface area contributed by atoms with Crippen LogP contribution in [0.5, 0.6) is 0 Å². The lowest BCUT2D eigenvalue weighted by atomic mass is 9.93. The third-order valence-electron chi connectivity index (χ3n) is 1.52. The fourth-order valence-electron chi connectivity index (χ4n) is 0.859. The van der Waals surface area contributed by atoms with E-state index < -0.39 is 5.60 Å². The van der Waals surface area contributed by atoms with Crippen molar-refractivity contribution in [1.29, 1.82) is 0 Å². The number of rotatable bonds is 2. The summed E-state index contributed by atoms with van der Waals surface area (Å²) in [4.78, 5) is 0. The summed E-state index contributed by atoms with van der Waals surface area (Å²) in [5.41, 5.74) is 4.77. The molecule has 0 aliphatic carbocycles. The Hall–Kier alpha value is -0.120. The highest BCUT2D eigenvalue weighted by molar-refractivity contribution is 4.92. The van der Waals surface area contributed by atoms with E-state index in [0.717, 1.165) is 6.42 Å². The van der Waals surface area contributed by atoms with Crippen LogP contribution in [0.4, 0.5) is 0 Å². The highest BCUT2D eigenvalue weighted by Crippen LogP contribution is 2.12. The number of nitrogens with two attached hydrogens (primary N) is 1. The Morgan fingerprint density at radius 3 is 2.38 bits per heavy atom. The van der Waals surface area contributed by atoms with Crippen molar-refractivity contribution in [3.63, 3.8) is 0 Å². The highest BCUT2D eigenvalue weighted by atomic mass is 16.3. The Kier molecular flexibility index (Phi) is 1.51. The summed E-state index contributed by atoms with van der Waals surface area (Å²) in [6, 6.07) is 0. The molecule has 8 heavy (non-hydrogen) atoms. The molecular formula is C5H12N2O. The van der Waals surface area contributed by atoms with Gasteiger partial charge in [-0.3, -0.25) is 0 Å². The zero-order valence-corrected chi connectivity index (χ0v) is 4.85. The lowest BCUT2D eigenvalue weighted by molar-refractivity contribution is -0.0148. The topological polar surface area (TPSA) is 58.3 Å². The monoisotopic (exact) mass is 116 g/mol. The summed E-state index contributed by atoms with van der Waals surface area (Å²) in [5, 5.41) is 12.2. The van der Waals surface area contributed by atoms with Crippen LogP contribution in [-0.4, -0.2) is 30.3 Å². The predicted molar refractivity (Wildman–Crippen MR) is 31.5 cm³/mol. The molecule has 48 valence electrons. The van der Waals surface area contributed by atoms with Crippen molar-refractivity contribution in [2.45, 2.75) is 12.0 Å². The van der Waals surface area contributed by atoms with Gasteiger partial charge in [0.15, 0.2) is 0 Å². The van der Waals surface area contributed by atoms with Gasteiger partial charge < -0.3 is 16.2 Å². The van der Waals surface area contributed by atoms with E-state index in [1.165, 1.54) is 0 Å². The Bertz CT molecular complexity index is 80.5. The number of aliphatic hydroxyl groups is 1. The van der Waals surface area contributed by atoms with E-state index in [2.05, 4.69) is 5.32 Å². The maximum atomic E-state index is 9.27. The molecule has 0 spiro atoms. The van der Waals surface area contributed by atoms with Crippen LogP contribution >= 0.6 is 0 Å². The van der Waals surface area contributed by atoms with Crippen molar-refractivity contribution in [2.75, 3.05) is 19.6 Å². The Morgan fingerprint density at radius 1 is 1.62 bits per heavy atom. The molecule has 3 nitrogen and oxygen atoms in total. The van der Waals surface area contributed by atoms with Gasteiger partial charge >= 0.3 is 0 Å². The average Bonchev–Trinajstić information content (AvgIpc) is 1.64. The van der Waals surface area contributed by atoms with Gasteiger partial charge in [0, 0.05) is 13.1 Å². The third kappa shape index (κ3) is 0.992. The molecule has 0 aromatic rings. The van der Waals surface area contributed by atoms with Gasteiger partial charge in [-0.2, -0.15) is 0 Å². The second-order valence-electron chi connectivity index (χ2n) is 2.37. The van der Waals surface area contributed by atoms with Gasteiger partial charge in [-0.1, -0.05) is 0 Å². The molecule has 0 aromatic carbocycles. The zero-order valence-electron chi connectivity index (χ0n) is 4.85. The number of β-amino-alcohol motifs (C(OH)–C–C–N with tert-alkyl or cyclic N) is 1. The van der Waals surface area contributed by atoms with Gasteiger partial charge in [-0.15, -0.1) is 0 Å². The summed E-state index contributed by atoms with van der Waals surface area (Å²) in [7, 11) is 0. The van der Waals surface area contributed by atoms with Crippen LogP contribution in [-0.2, 0) is 0 Å². The molecule has 4 N–H and O–H groups in total. The fraction of sp³-hybridized carbons (Fsp3) is 1.00. The summed E-state index contributed by atoms with van der Waals surface area (Å²) >= 11 is 0. The molecule has 1 fully saturated rings. The first-order valence-corrected chi connectivity index (χ1v) is 2.90. The first kappa shape index (κ1) is 6.01. The summed E-state index contributed by atoms with van der Waals surface area (Å²) in [6.07, 6.45) is 0.722. The van der Waals surface area contributed by atoms with Crippen LogP contribution in [0.1, 0.15) is 6.42 Å². The van der Waals surface area contributed by atoms with E-state index in [4.69, 9.17) is 5.73 Å². The molecule has 3 heteroatoms. The van der Waals surface area contributed by atoms with Crippen LogP contribution < -0.4 is 11.1 Å². The predicted octanol–water partition coefficient (Wildman–Crippen LogP) is -1.33. The SMILES string of the molecule is NCCC1(O)CNC1. The van der Waals surface area contributed by atoms with Crippen LogP contribution in [0, 0.1) is 0 Å². The first-order chi connectivity index (χ1) is 3.77. The van der Waals surface area contributed by atoms with E-state index >= 15 is 0 Å². The van der Waals surface area contributed by atoms with Crippen LogP contribution in [0.15, 0.2) is 0 Å². The molecule has 1 rings (SSSR count). The Balaban J connectivity index is 2.20. The maximum Gasteiger partial charge on any atom is 0.0907 e. The molecule has 0 aromatic heterocycles. The standard InChI is InChI=1S/C5H12N2O/c6-2-1-5(8)3-7-4-5/h7-8H,1-4,6H2. The van der Waals surface area contributed by atoms with Gasteiger partial charge in [-0.25, -0.2) is 0 Å². The largest absolute Gasteiger partial charge is 0.387 e. The van der Waals surface area contributed by atoms with Crippen LogP contribution in [0.3, 0.4) is 0 Å². The summed E-state index contributed by atoms with van der Waals surface area (Å²) < 4.78 is 0. The van der Waals surface area contributed by atoms with Gasteiger partial charge in [-0.05, 0) is 13.0 Å². The van der Waals surface area contributed by atoms with Gasteiger partial charge in [0.2, 0.25) is 0 Å². The number of hydrogen-bond donors (Lipinski definition) is 3. The molecule has 1 heterocycles. The molecule has 0 saturated carbocycles.